The molecule has 8 nitrogen and oxygen atoms in total. The lowest BCUT2D eigenvalue weighted by Crippen LogP contribution is -2.38. The Bertz CT molecular complexity index is 1390. The highest BCUT2D eigenvalue weighted by molar-refractivity contribution is 6.34. The zero-order valence-corrected chi connectivity index (χ0v) is 20.6. The zero-order chi connectivity index (χ0) is 27.6. The summed E-state index contributed by atoms with van der Waals surface area (Å²) in [6, 6.07) is 6.23. The number of ether oxygens (including phenoxy) is 1. The molecular weight excluding hydrogens is 532 g/mol. The molecule has 1 aromatic heterocycles. The van der Waals surface area contributed by atoms with E-state index in [1.165, 1.54) is 29.8 Å². The molecule has 1 saturated heterocycles. The number of piperidine rings is 1. The average molecular weight is 553 g/mol. The number of carbonyl (C=O) groups is 3. The van der Waals surface area contributed by atoms with E-state index < -0.39 is 29.9 Å². The fourth-order valence-electron chi connectivity index (χ4n) is 4.15. The number of aldehydes is 1. The third kappa shape index (κ3) is 5.49. The van der Waals surface area contributed by atoms with E-state index in [1.54, 1.807) is 4.90 Å². The molecule has 0 saturated carbocycles. The maximum absolute atomic E-state index is 14.6. The van der Waals surface area contributed by atoms with Crippen LogP contribution < -0.4 is 10.1 Å². The third-order valence-corrected chi connectivity index (χ3v) is 6.52. The second-order valence-electron chi connectivity index (χ2n) is 8.56. The van der Waals surface area contributed by atoms with Gasteiger partial charge < -0.3 is 24.3 Å². The minimum Gasteiger partial charge on any atom is -0.432 e. The predicted molar refractivity (Wildman–Crippen MR) is 129 cm³/mol. The number of amides is 2. The predicted octanol–water partition coefficient (Wildman–Crippen LogP) is 4.92. The van der Waals surface area contributed by atoms with Crippen LogP contribution >= 0.6 is 11.6 Å². The first-order chi connectivity index (χ1) is 18.1. The van der Waals surface area contributed by atoms with E-state index in [9.17, 15) is 31.9 Å². The molecular formula is C25H21ClF4N4O4. The molecule has 1 aliphatic heterocycles. The van der Waals surface area contributed by atoms with Crippen molar-refractivity contribution >= 4 is 35.4 Å². The summed E-state index contributed by atoms with van der Waals surface area (Å²) in [5, 5.41) is 2.68. The van der Waals surface area contributed by atoms with Crippen LogP contribution in [0.2, 0.25) is 5.02 Å². The van der Waals surface area contributed by atoms with Gasteiger partial charge in [-0.15, -0.1) is 0 Å². The van der Waals surface area contributed by atoms with Crippen molar-refractivity contribution in [3.8, 4) is 17.0 Å². The zero-order valence-electron chi connectivity index (χ0n) is 19.9. The molecule has 0 atom stereocenters. The summed E-state index contributed by atoms with van der Waals surface area (Å²) in [4.78, 5) is 42.2. The second-order valence-corrected chi connectivity index (χ2v) is 8.97. The second kappa shape index (κ2) is 11.2. The summed E-state index contributed by atoms with van der Waals surface area (Å²) in [6.07, 6.45) is 3.18. The molecule has 2 amide bonds. The average Bonchev–Trinajstić information content (AvgIpc) is 3.27. The Morgan fingerprint density at radius 2 is 1.87 bits per heavy atom. The number of carbonyl (C=O) groups excluding carboxylic acids is 3. The molecule has 0 unspecified atom stereocenters. The molecule has 200 valence electrons. The maximum atomic E-state index is 14.6. The van der Waals surface area contributed by atoms with E-state index in [2.05, 4.69) is 15.0 Å². The Balaban J connectivity index is 1.49. The standard InChI is InChI=1S/C25H21ClF4N4O4/c1-33-18(16-4-5-19(38-25(29)30)21(28)20(16)27)11-31-22(33)23(36)32-14-2-3-15(17(26)10-14)24(37)34-8-6-13(12-35)7-9-34/h2-5,10-13,25H,6-9H2,1H3,(H,32,36). The van der Waals surface area contributed by atoms with Crippen molar-refractivity contribution in [2.24, 2.45) is 13.0 Å². The molecule has 38 heavy (non-hydrogen) atoms. The molecule has 1 aliphatic rings. The normalized spacial score (nSPS) is 14.0. The van der Waals surface area contributed by atoms with Gasteiger partial charge in [-0.3, -0.25) is 9.59 Å². The number of alkyl halides is 2. The Labute approximate surface area is 219 Å². The first kappa shape index (κ1) is 27.1. The lowest BCUT2D eigenvalue weighted by atomic mass is 9.98. The Kier molecular flexibility index (Phi) is 8.00. The van der Waals surface area contributed by atoms with Gasteiger partial charge in [0.25, 0.3) is 11.8 Å². The van der Waals surface area contributed by atoms with Crippen LogP contribution in [0, 0.1) is 17.6 Å². The topological polar surface area (TPSA) is 93.5 Å². The SMILES string of the molecule is Cn1c(-c2ccc(OC(F)F)c(F)c2F)cnc1C(=O)Nc1ccc(C(=O)N2CCC(C=O)CC2)c(Cl)c1. The summed E-state index contributed by atoms with van der Waals surface area (Å²) in [7, 11) is 1.39. The molecule has 3 aromatic rings. The number of anilines is 1. The van der Waals surface area contributed by atoms with Gasteiger partial charge in [0, 0.05) is 37.3 Å². The van der Waals surface area contributed by atoms with Crippen LogP contribution in [-0.2, 0) is 11.8 Å². The summed E-state index contributed by atoms with van der Waals surface area (Å²) in [5.41, 5.74) is 0.186. The molecule has 0 bridgehead atoms. The molecule has 2 heterocycles. The number of aromatic nitrogens is 2. The van der Waals surface area contributed by atoms with E-state index in [0.29, 0.717) is 25.9 Å². The first-order valence-corrected chi connectivity index (χ1v) is 11.8. The molecule has 13 heteroatoms. The Hall–Kier alpha value is -3.93. The van der Waals surface area contributed by atoms with E-state index in [0.717, 1.165) is 24.6 Å². The lowest BCUT2D eigenvalue weighted by Gasteiger charge is -2.30. The van der Waals surface area contributed by atoms with E-state index in [1.807, 2.05) is 0 Å². The lowest BCUT2D eigenvalue weighted by molar-refractivity contribution is -0.112. The van der Waals surface area contributed by atoms with Gasteiger partial charge in [-0.2, -0.15) is 13.2 Å². The van der Waals surface area contributed by atoms with Crippen LogP contribution in [0.1, 0.15) is 33.8 Å². The van der Waals surface area contributed by atoms with Gasteiger partial charge in [0.1, 0.15) is 6.29 Å². The molecule has 0 radical (unpaired) electrons. The van der Waals surface area contributed by atoms with Crippen molar-refractivity contribution in [3.05, 3.63) is 64.6 Å². The van der Waals surface area contributed by atoms with Crippen molar-refractivity contribution in [3.63, 3.8) is 0 Å². The summed E-state index contributed by atoms with van der Waals surface area (Å²) >= 11 is 6.31. The highest BCUT2D eigenvalue weighted by atomic mass is 35.5. The number of hydrogen-bond donors (Lipinski definition) is 1. The fraction of sp³-hybridized carbons (Fsp3) is 0.280. The summed E-state index contributed by atoms with van der Waals surface area (Å²) in [5.74, 6) is -5.22. The van der Waals surface area contributed by atoms with Crippen molar-refractivity contribution in [1.29, 1.82) is 0 Å². The van der Waals surface area contributed by atoms with Crippen LogP contribution in [0.25, 0.3) is 11.3 Å². The van der Waals surface area contributed by atoms with Gasteiger partial charge in [0.05, 0.1) is 22.5 Å². The van der Waals surface area contributed by atoms with E-state index in [4.69, 9.17) is 11.6 Å². The number of imidazole rings is 1. The minimum atomic E-state index is -3.33. The third-order valence-electron chi connectivity index (χ3n) is 6.21. The van der Waals surface area contributed by atoms with E-state index >= 15 is 0 Å². The Morgan fingerprint density at radius 3 is 2.50 bits per heavy atom. The number of benzene rings is 2. The quantitative estimate of drug-likeness (QED) is 0.332. The number of rotatable bonds is 7. The van der Waals surface area contributed by atoms with Gasteiger partial charge >= 0.3 is 6.61 Å². The minimum absolute atomic E-state index is 0.00692. The van der Waals surface area contributed by atoms with Crippen LogP contribution in [0.15, 0.2) is 36.5 Å². The number of nitrogens with one attached hydrogen (secondary N) is 1. The highest BCUT2D eigenvalue weighted by Crippen LogP contribution is 2.31. The number of halogens is 5. The van der Waals surface area contributed by atoms with Crippen LogP contribution in [0.4, 0.5) is 23.2 Å². The van der Waals surface area contributed by atoms with Gasteiger partial charge in [-0.1, -0.05) is 11.6 Å². The molecule has 2 aromatic carbocycles. The largest absolute Gasteiger partial charge is 0.432 e. The maximum Gasteiger partial charge on any atom is 0.387 e. The number of hydrogen-bond acceptors (Lipinski definition) is 5. The van der Waals surface area contributed by atoms with Gasteiger partial charge in [-0.25, -0.2) is 9.37 Å². The van der Waals surface area contributed by atoms with Crippen molar-refractivity contribution in [2.45, 2.75) is 19.5 Å². The van der Waals surface area contributed by atoms with Crippen molar-refractivity contribution < 1.29 is 36.7 Å². The van der Waals surface area contributed by atoms with Crippen LogP contribution in [-0.4, -0.2) is 52.3 Å². The van der Waals surface area contributed by atoms with Gasteiger partial charge in [-0.05, 0) is 43.2 Å². The summed E-state index contributed by atoms with van der Waals surface area (Å²) < 4.78 is 58.6. The van der Waals surface area contributed by atoms with E-state index in [-0.39, 0.29) is 45.2 Å². The molecule has 4 rings (SSSR count). The number of likely N-dealkylation sites (tertiary alicyclic amines) is 1. The molecule has 1 N–H and O–H groups in total. The summed E-state index contributed by atoms with van der Waals surface area (Å²) in [6.45, 7) is -2.46. The van der Waals surface area contributed by atoms with Crippen LogP contribution in [0.3, 0.4) is 0 Å². The van der Waals surface area contributed by atoms with Crippen molar-refractivity contribution in [2.75, 3.05) is 18.4 Å². The van der Waals surface area contributed by atoms with Gasteiger partial charge in [0.2, 0.25) is 5.82 Å². The molecule has 0 aliphatic carbocycles. The fourth-order valence-corrected chi connectivity index (χ4v) is 4.41. The Morgan fingerprint density at radius 1 is 1.16 bits per heavy atom. The van der Waals surface area contributed by atoms with Crippen LogP contribution in [0.5, 0.6) is 5.75 Å². The highest BCUT2D eigenvalue weighted by Gasteiger charge is 2.26. The molecule has 1 fully saturated rings. The van der Waals surface area contributed by atoms with Gasteiger partial charge in [0.15, 0.2) is 17.4 Å². The monoisotopic (exact) mass is 552 g/mol. The number of nitrogens with zero attached hydrogens (tertiary/aromatic N) is 3. The smallest absolute Gasteiger partial charge is 0.387 e. The first-order valence-electron chi connectivity index (χ1n) is 11.4. The van der Waals surface area contributed by atoms with Crippen molar-refractivity contribution in [1.82, 2.24) is 14.5 Å². The molecule has 0 spiro atoms.